The number of carboxylic acid groups (broad SMARTS) is 1. The molecule has 0 bridgehead atoms. The predicted molar refractivity (Wildman–Crippen MR) is 89.0 cm³/mol. The van der Waals surface area contributed by atoms with Crippen LogP contribution in [0.15, 0.2) is 47.6 Å². The van der Waals surface area contributed by atoms with Gasteiger partial charge in [0.2, 0.25) is 0 Å². The second-order valence-electron chi connectivity index (χ2n) is 4.72. The maximum atomic E-state index is 10.7. The van der Waals surface area contributed by atoms with Gasteiger partial charge in [0.1, 0.15) is 0 Å². The van der Waals surface area contributed by atoms with Crippen molar-refractivity contribution >= 4 is 28.4 Å². The van der Waals surface area contributed by atoms with Gasteiger partial charge in [-0.05, 0) is 38.0 Å². The normalized spacial score (nSPS) is 13.2. The van der Waals surface area contributed by atoms with Crippen molar-refractivity contribution in [1.82, 2.24) is 0 Å². The van der Waals surface area contributed by atoms with Crippen molar-refractivity contribution in [1.29, 1.82) is 0 Å². The SMILES string of the molecule is CC(C=Cc1sc([N+](=O)[O-])cc1C)=CC=C/C(C)=C/C(=O)O. The zero-order valence-corrected chi connectivity index (χ0v) is 13.4. The zero-order valence-electron chi connectivity index (χ0n) is 12.6. The van der Waals surface area contributed by atoms with Crippen LogP contribution >= 0.6 is 11.3 Å². The molecule has 0 unspecified atom stereocenters. The van der Waals surface area contributed by atoms with Crippen molar-refractivity contribution in [3.8, 4) is 0 Å². The highest BCUT2D eigenvalue weighted by molar-refractivity contribution is 7.16. The highest BCUT2D eigenvalue weighted by Crippen LogP contribution is 2.29. The molecule has 6 heteroatoms. The molecule has 0 atom stereocenters. The lowest BCUT2D eigenvalue weighted by Gasteiger charge is -1.91. The maximum absolute atomic E-state index is 10.7. The van der Waals surface area contributed by atoms with Crippen LogP contribution in [0.4, 0.5) is 5.00 Å². The third-order valence-electron chi connectivity index (χ3n) is 2.69. The number of hydrogen-bond donors (Lipinski definition) is 1. The van der Waals surface area contributed by atoms with E-state index in [1.54, 1.807) is 25.1 Å². The third-order valence-corrected chi connectivity index (χ3v) is 3.84. The summed E-state index contributed by atoms with van der Waals surface area (Å²) in [5.41, 5.74) is 2.47. The minimum absolute atomic E-state index is 0.133. The molecular formula is C16H17NO4S. The molecule has 0 amide bonds. The van der Waals surface area contributed by atoms with Gasteiger partial charge in [-0.3, -0.25) is 10.1 Å². The molecule has 0 fully saturated rings. The lowest BCUT2D eigenvalue weighted by Crippen LogP contribution is -1.87. The van der Waals surface area contributed by atoms with Crippen LogP contribution in [0.25, 0.3) is 6.08 Å². The molecule has 0 radical (unpaired) electrons. The van der Waals surface area contributed by atoms with Crippen molar-refractivity contribution in [3.05, 3.63) is 68.1 Å². The average molecular weight is 319 g/mol. The van der Waals surface area contributed by atoms with Crippen molar-refractivity contribution in [2.45, 2.75) is 20.8 Å². The molecule has 1 rings (SSSR count). The Morgan fingerprint density at radius 3 is 2.55 bits per heavy atom. The van der Waals surface area contributed by atoms with E-state index in [1.165, 1.54) is 0 Å². The van der Waals surface area contributed by atoms with Crippen molar-refractivity contribution in [2.75, 3.05) is 0 Å². The minimum Gasteiger partial charge on any atom is -0.478 e. The van der Waals surface area contributed by atoms with Crippen LogP contribution in [-0.4, -0.2) is 16.0 Å². The Morgan fingerprint density at radius 1 is 1.32 bits per heavy atom. The van der Waals surface area contributed by atoms with E-state index >= 15 is 0 Å². The molecule has 1 N–H and O–H groups in total. The second kappa shape index (κ2) is 8.09. The maximum Gasteiger partial charge on any atom is 0.328 e. The molecule has 0 aliphatic carbocycles. The summed E-state index contributed by atoms with van der Waals surface area (Å²) >= 11 is 1.14. The molecule has 0 aliphatic heterocycles. The van der Waals surface area contributed by atoms with Gasteiger partial charge < -0.3 is 5.11 Å². The fraction of sp³-hybridized carbons (Fsp3) is 0.188. The van der Waals surface area contributed by atoms with Gasteiger partial charge in [-0.2, -0.15) is 0 Å². The summed E-state index contributed by atoms with van der Waals surface area (Å²) in [5, 5.41) is 19.4. The number of allylic oxidation sites excluding steroid dienone is 6. The number of carbonyl (C=O) groups is 1. The van der Waals surface area contributed by atoms with Gasteiger partial charge >= 0.3 is 11.0 Å². The monoisotopic (exact) mass is 319 g/mol. The van der Waals surface area contributed by atoms with E-state index < -0.39 is 10.9 Å². The van der Waals surface area contributed by atoms with Gasteiger partial charge in [0, 0.05) is 17.0 Å². The number of nitrogens with zero attached hydrogens (tertiary/aromatic N) is 1. The van der Waals surface area contributed by atoms with Crippen molar-refractivity contribution < 1.29 is 14.8 Å². The molecule has 1 aromatic rings. The number of aliphatic carboxylic acids is 1. The van der Waals surface area contributed by atoms with Gasteiger partial charge in [-0.15, -0.1) is 0 Å². The largest absolute Gasteiger partial charge is 0.478 e. The van der Waals surface area contributed by atoms with E-state index in [0.717, 1.165) is 33.4 Å². The smallest absolute Gasteiger partial charge is 0.328 e. The zero-order chi connectivity index (χ0) is 16.7. The summed E-state index contributed by atoms with van der Waals surface area (Å²) in [6.45, 7) is 5.44. The number of thiophene rings is 1. The first-order valence-electron chi connectivity index (χ1n) is 6.48. The summed E-state index contributed by atoms with van der Waals surface area (Å²) in [7, 11) is 0. The molecule has 0 saturated heterocycles. The van der Waals surface area contributed by atoms with Gasteiger partial charge in [0.05, 0.1) is 4.92 Å². The Kier molecular flexibility index (Phi) is 6.47. The third kappa shape index (κ3) is 5.88. The molecule has 0 saturated carbocycles. The van der Waals surface area contributed by atoms with E-state index in [-0.39, 0.29) is 5.00 Å². The highest BCUT2D eigenvalue weighted by Gasteiger charge is 2.11. The molecule has 116 valence electrons. The lowest BCUT2D eigenvalue weighted by molar-refractivity contribution is -0.380. The van der Waals surface area contributed by atoms with Crippen LogP contribution in [-0.2, 0) is 4.79 Å². The van der Waals surface area contributed by atoms with E-state index in [2.05, 4.69) is 0 Å². The minimum atomic E-state index is -0.975. The topological polar surface area (TPSA) is 80.4 Å². The van der Waals surface area contributed by atoms with E-state index in [0.29, 0.717) is 5.57 Å². The first-order valence-corrected chi connectivity index (χ1v) is 7.30. The fourth-order valence-corrected chi connectivity index (χ4v) is 2.48. The summed E-state index contributed by atoms with van der Waals surface area (Å²) in [5.74, 6) is -0.975. The van der Waals surface area contributed by atoms with E-state index in [4.69, 9.17) is 5.11 Å². The predicted octanol–water partition coefficient (Wildman–Crippen LogP) is 4.51. The Labute approximate surface area is 132 Å². The van der Waals surface area contributed by atoms with Crippen LogP contribution in [0.3, 0.4) is 0 Å². The quantitative estimate of drug-likeness (QED) is 0.362. The standard InChI is InChI=1S/C16H17NO4S/c1-11(5-4-6-12(2)9-16(18)19)7-8-14-13(3)10-15(22-14)17(20)21/h4-10H,1-3H3,(H,18,19)/b6-4?,8-7?,11-5?,12-9+. The van der Waals surface area contributed by atoms with Crippen LogP contribution in [0.2, 0.25) is 0 Å². The van der Waals surface area contributed by atoms with Gasteiger partial charge in [-0.1, -0.05) is 41.2 Å². The average Bonchev–Trinajstić information content (AvgIpc) is 2.77. The van der Waals surface area contributed by atoms with Crippen molar-refractivity contribution in [3.63, 3.8) is 0 Å². The van der Waals surface area contributed by atoms with Crippen LogP contribution in [0, 0.1) is 17.0 Å². The molecular weight excluding hydrogens is 302 g/mol. The molecule has 5 nitrogen and oxygen atoms in total. The Bertz CT molecular complexity index is 693. The molecule has 0 aliphatic rings. The van der Waals surface area contributed by atoms with Crippen molar-refractivity contribution in [2.24, 2.45) is 0 Å². The fourth-order valence-electron chi connectivity index (χ4n) is 1.59. The van der Waals surface area contributed by atoms with Crippen LogP contribution in [0.5, 0.6) is 0 Å². The number of carboxylic acids is 1. The lowest BCUT2D eigenvalue weighted by atomic mass is 10.2. The van der Waals surface area contributed by atoms with Gasteiger partial charge in [0.15, 0.2) is 0 Å². The number of aryl methyl sites for hydroxylation is 1. The second-order valence-corrected chi connectivity index (χ2v) is 5.78. The summed E-state index contributed by atoms with van der Waals surface area (Å²) in [6, 6.07) is 1.56. The molecule has 0 spiro atoms. The Hall–Kier alpha value is -2.47. The van der Waals surface area contributed by atoms with E-state index in [9.17, 15) is 14.9 Å². The molecule has 1 aromatic heterocycles. The highest BCUT2D eigenvalue weighted by atomic mass is 32.1. The number of hydrogen-bond acceptors (Lipinski definition) is 4. The van der Waals surface area contributed by atoms with Gasteiger partial charge in [-0.25, -0.2) is 4.79 Å². The molecule has 1 heterocycles. The van der Waals surface area contributed by atoms with E-state index in [1.807, 2.05) is 32.1 Å². The summed E-state index contributed by atoms with van der Waals surface area (Å²) in [4.78, 5) is 21.6. The van der Waals surface area contributed by atoms with Crippen LogP contribution < -0.4 is 0 Å². The Morgan fingerprint density at radius 2 is 2.00 bits per heavy atom. The number of nitro groups is 1. The first-order chi connectivity index (χ1) is 10.3. The number of rotatable bonds is 6. The molecule has 22 heavy (non-hydrogen) atoms. The molecule has 0 aromatic carbocycles. The van der Waals surface area contributed by atoms with Gasteiger partial charge in [0.25, 0.3) is 0 Å². The Balaban J connectivity index is 2.77. The van der Waals surface area contributed by atoms with Crippen LogP contribution in [0.1, 0.15) is 24.3 Å². The first kappa shape index (κ1) is 17.6. The summed E-state index contributed by atoms with van der Waals surface area (Å²) < 4.78 is 0. The summed E-state index contributed by atoms with van der Waals surface area (Å²) in [6.07, 6.45) is 10.1.